The Balaban J connectivity index is 2.46. The summed E-state index contributed by atoms with van der Waals surface area (Å²) in [4.78, 5) is 0. The van der Waals surface area contributed by atoms with Gasteiger partial charge in [-0.3, -0.25) is 0 Å². The summed E-state index contributed by atoms with van der Waals surface area (Å²) in [5.74, 6) is 0.712. The van der Waals surface area contributed by atoms with Crippen molar-refractivity contribution < 1.29 is 9.47 Å². The molecular formula is C15H23Cl2NO2. The monoisotopic (exact) mass is 319 g/mol. The van der Waals surface area contributed by atoms with Crippen LogP contribution < -0.4 is 10.1 Å². The molecule has 0 saturated carbocycles. The van der Waals surface area contributed by atoms with Crippen LogP contribution >= 0.6 is 23.2 Å². The first kappa shape index (κ1) is 17.6. The molecule has 0 fully saturated rings. The third-order valence-electron chi connectivity index (χ3n) is 2.64. The van der Waals surface area contributed by atoms with Crippen LogP contribution in [-0.4, -0.2) is 25.9 Å². The number of halogens is 2. The van der Waals surface area contributed by atoms with Crippen molar-refractivity contribution in [1.29, 1.82) is 0 Å². The Labute approximate surface area is 131 Å². The smallest absolute Gasteiger partial charge is 0.142 e. The van der Waals surface area contributed by atoms with Crippen molar-refractivity contribution in [3.8, 4) is 5.75 Å². The Morgan fingerprint density at radius 3 is 2.65 bits per heavy atom. The third kappa shape index (κ3) is 6.31. The number of hydrogen-bond donors (Lipinski definition) is 1. The summed E-state index contributed by atoms with van der Waals surface area (Å²) >= 11 is 12.2. The van der Waals surface area contributed by atoms with E-state index in [9.17, 15) is 0 Å². The van der Waals surface area contributed by atoms with Gasteiger partial charge in [0.15, 0.2) is 0 Å². The Bertz CT molecular complexity index is 411. The van der Waals surface area contributed by atoms with Crippen molar-refractivity contribution >= 4 is 23.2 Å². The Morgan fingerprint density at radius 1 is 1.25 bits per heavy atom. The van der Waals surface area contributed by atoms with E-state index in [0.717, 1.165) is 25.1 Å². The molecule has 1 aromatic carbocycles. The van der Waals surface area contributed by atoms with Crippen molar-refractivity contribution in [3.63, 3.8) is 0 Å². The van der Waals surface area contributed by atoms with Crippen LogP contribution in [0.3, 0.4) is 0 Å². The van der Waals surface area contributed by atoms with Crippen molar-refractivity contribution in [2.24, 2.45) is 0 Å². The van der Waals surface area contributed by atoms with E-state index in [1.54, 1.807) is 6.07 Å². The van der Waals surface area contributed by atoms with Crippen molar-refractivity contribution in [1.82, 2.24) is 5.32 Å². The average molecular weight is 320 g/mol. The predicted molar refractivity (Wildman–Crippen MR) is 85.0 cm³/mol. The average Bonchev–Trinajstić information content (AvgIpc) is 2.37. The molecule has 3 nitrogen and oxygen atoms in total. The van der Waals surface area contributed by atoms with Gasteiger partial charge in [-0.15, -0.1) is 0 Å². The van der Waals surface area contributed by atoms with Gasteiger partial charge < -0.3 is 14.8 Å². The molecule has 0 aliphatic heterocycles. The van der Waals surface area contributed by atoms with E-state index in [1.165, 1.54) is 0 Å². The molecular weight excluding hydrogens is 297 g/mol. The molecule has 114 valence electrons. The molecule has 0 aliphatic carbocycles. The zero-order valence-electron chi connectivity index (χ0n) is 12.3. The summed E-state index contributed by atoms with van der Waals surface area (Å²) in [5, 5.41) is 4.53. The van der Waals surface area contributed by atoms with Gasteiger partial charge in [-0.25, -0.2) is 0 Å². The Morgan fingerprint density at radius 2 is 2.00 bits per heavy atom. The van der Waals surface area contributed by atoms with Gasteiger partial charge in [-0.2, -0.15) is 0 Å². The summed E-state index contributed by atoms with van der Waals surface area (Å²) in [5.41, 5.74) is 0.981. The lowest BCUT2D eigenvalue weighted by Gasteiger charge is -2.13. The molecule has 1 aromatic rings. The van der Waals surface area contributed by atoms with Crippen molar-refractivity contribution in [3.05, 3.63) is 27.7 Å². The van der Waals surface area contributed by atoms with E-state index in [0.29, 0.717) is 28.9 Å². The van der Waals surface area contributed by atoms with Crippen LogP contribution in [0.5, 0.6) is 5.75 Å². The summed E-state index contributed by atoms with van der Waals surface area (Å²) in [6.07, 6.45) is 1.25. The van der Waals surface area contributed by atoms with Crippen molar-refractivity contribution in [2.45, 2.75) is 39.8 Å². The largest absolute Gasteiger partial charge is 0.492 e. The molecule has 0 amide bonds. The first-order chi connectivity index (χ1) is 9.54. The highest BCUT2D eigenvalue weighted by Crippen LogP contribution is 2.32. The summed E-state index contributed by atoms with van der Waals surface area (Å²) in [6, 6.07) is 3.59. The van der Waals surface area contributed by atoms with Gasteiger partial charge in [0.05, 0.1) is 17.7 Å². The number of benzene rings is 1. The standard InChI is InChI=1S/C15H23Cl2NO2/c1-4-19-15-12(8-13(16)9-14(15)17)10-18-6-5-7-20-11(2)3/h8-9,11,18H,4-7,10H2,1-3H3. The fourth-order valence-corrected chi connectivity index (χ4v) is 2.38. The lowest BCUT2D eigenvalue weighted by Crippen LogP contribution is -2.18. The molecule has 1 N–H and O–H groups in total. The molecule has 0 aliphatic rings. The molecule has 0 saturated heterocycles. The lowest BCUT2D eigenvalue weighted by atomic mass is 10.2. The number of hydrogen-bond acceptors (Lipinski definition) is 3. The number of ether oxygens (including phenoxy) is 2. The first-order valence-electron chi connectivity index (χ1n) is 6.97. The van der Waals surface area contributed by atoms with Gasteiger partial charge in [-0.05, 0) is 45.9 Å². The lowest BCUT2D eigenvalue weighted by molar-refractivity contribution is 0.0770. The minimum Gasteiger partial charge on any atom is -0.492 e. The summed E-state index contributed by atoms with van der Waals surface area (Å²) in [7, 11) is 0. The molecule has 20 heavy (non-hydrogen) atoms. The quantitative estimate of drug-likeness (QED) is 0.688. The normalized spacial score (nSPS) is 11.1. The van der Waals surface area contributed by atoms with Crippen LogP contribution in [0.1, 0.15) is 32.8 Å². The minimum atomic E-state index is 0.284. The highest BCUT2D eigenvalue weighted by molar-refractivity contribution is 6.35. The number of rotatable bonds is 9. The third-order valence-corrected chi connectivity index (χ3v) is 3.14. The van der Waals surface area contributed by atoms with E-state index < -0.39 is 0 Å². The van der Waals surface area contributed by atoms with Gasteiger partial charge in [0.25, 0.3) is 0 Å². The SMILES string of the molecule is CCOc1c(Cl)cc(Cl)cc1CNCCCOC(C)C. The minimum absolute atomic E-state index is 0.284. The molecule has 0 heterocycles. The van der Waals surface area contributed by atoms with E-state index in [-0.39, 0.29) is 6.10 Å². The molecule has 0 bridgehead atoms. The van der Waals surface area contributed by atoms with Crippen LogP contribution in [0.4, 0.5) is 0 Å². The Kier molecular flexibility index (Phi) is 8.31. The predicted octanol–water partition coefficient (Wildman–Crippen LogP) is 4.30. The zero-order valence-corrected chi connectivity index (χ0v) is 13.9. The van der Waals surface area contributed by atoms with Crippen LogP contribution in [0.15, 0.2) is 12.1 Å². The molecule has 0 unspecified atom stereocenters. The van der Waals surface area contributed by atoms with E-state index in [2.05, 4.69) is 5.32 Å². The summed E-state index contributed by atoms with van der Waals surface area (Å²) in [6.45, 7) is 8.91. The van der Waals surface area contributed by atoms with E-state index in [4.69, 9.17) is 32.7 Å². The van der Waals surface area contributed by atoms with E-state index >= 15 is 0 Å². The van der Waals surface area contributed by atoms with Gasteiger partial charge >= 0.3 is 0 Å². The molecule has 1 rings (SSSR count). The van der Waals surface area contributed by atoms with Gasteiger partial charge in [0.1, 0.15) is 5.75 Å². The fraction of sp³-hybridized carbons (Fsp3) is 0.600. The second kappa shape index (κ2) is 9.46. The van der Waals surface area contributed by atoms with E-state index in [1.807, 2.05) is 26.8 Å². The maximum absolute atomic E-state index is 6.15. The fourth-order valence-electron chi connectivity index (χ4n) is 1.79. The van der Waals surface area contributed by atoms with Crippen LogP contribution in [0, 0.1) is 0 Å². The zero-order chi connectivity index (χ0) is 15.0. The molecule has 0 atom stereocenters. The Hall–Kier alpha value is -0.480. The molecule has 0 spiro atoms. The topological polar surface area (TPSA) is 30.5 Å². The van der Waals surface area contributed by atoms with Crippen LogP contribution in [0.25, 0.3) is 0 Å². The molecule has 0 aromatic heterocycles. The second-order valence-corrected chi connectivity index (χ2v) is 5.60. The maximum atomic E-state index is 6.15. The highest BCUT2D eigenvalue weighted by Gasteiger charge is 2.10. The first-order valence-corrected chi connectivity index (χ1v) is 7.73. The second-order valence-electron chi connectivity index (χ2n) is 4.76. The maximum Gasteiger partial charge on any atom is 0.142 e. The van der Waals surface area contributed by atoms with Crippen molar-refractivity contribution in [2.75, 3.05) is 19.8 Å². The van der Waals surface area contributed by atoms with Crippen LogP contribution in [0.2, 0.25) is 10.0 Å². The van der Waals surface area contributed by atoms with Crippen LogP contribution in [-0.2, 0) is 11.3 Å². The van der Waals surface area contributed by atoms with Gasteiger partial charge in [-0.1, -0.05) is 23.2 Å². The summed E-state index contributed by atoms with van der Waals surface area (Å²) < 4.78 is 11.1. The highest BCUT2D eigenvalue weighted by atomic mass is 35.5. The van der Waals surface area contributed by atoms with Gasteiger partial charge in [0, 0.05) is 23.7 Å². The van der Waals surface area contributed by atoms with Gasteiger partial charge in [0.2, 0.25) is 0 Å². The number of nitrogens with one attached hydrogen (secondary N) is 1. The molecule has 5 heteroatoms. The molecule has 0 radical (unpaired) electrons.